The van der Waals surface area contributed by atoms with Crippen LogP contribution in [0.15, 0.2) is 30.3 Å². The highest BCUT2D eigenvalue weighted by Crippen LogP contribution is 2.21. The number of halogens is 1. The van der Waals surface area contributed by atoms with Gasteiger partial charge in [0, 0.05) is 29.4 Å². The van der Waals surface area contributed by atoms with Crippen molar-refractivity contribution < 1.29 is 0 Å². The van der Waals surface area contributed by atoms with Crippen LogP contribution >= 0.6 is 11.6 Å². The van der Waals surface area contributed by atoms with E-state index in [2.05, 4.69) is 20.6 Å². The Balaban J connectivity index is 1.63. The lowest BCUT2D eigenvalue weighted by molar-refractivity contribution is 0.617. The van der Waals surface area contributed by atoms with Crippen molar-refractivity contribution in [2.24, 2.45) is 0 Å². The number of rotatable bonds is 5. The molecule has 3 rings (SSSR count). The zero-order chi connectivity index (χ0) is 16.8. The molecule has 0 amide bonds. The summed E-state index contributed by atoms with van der Waals surface area (Å²) in [5.74, 6) is 1.59. The van der Waals surface area contributed by atoms with Gasteiger partial charge in [-0.25, -0.2) is 4.98 Å². The van der Waals surface area contributed by atoms with Crippen LogP contribution in [-0.2, 0) is 6.54 Å². The number of aryl methyl sites for hydroxylation is 1. The Bertz CT molecular complexity index is 649. The Kier molecular flexibility index (Phi) is 5.91. The van der Waals surface area contributed by atoms with Crippen LogP contribution in [0, 0.1) is 6.92 Å². The number of hydrogen-bond acceptors (Lipinski definition) is 4. The molecule has 2 N–H and O–H groups in total. The van der Waals surface area contributed by atoms with Crippen molar-refractivity contribution in [2.75, 3.05) is 10.6 Å². The Morgan fingerprint density at radius 2 is 1.75 bits per heavy atom. The minimum absolute atomic E-state index is 0.533. The molecule has 5 heteroatoms. The van der Waals surface area contributed by atoms with Gasteiger partial charge in [-0.2, -0.15) is 4.98 Å². The number of benzene rings is 1. The van der Waals surface area contributed by atoms with Crippen LogP contribution in [-0.4, -0.2) is 16.0 Å². The highest BCUT2D eigenvalue weighted by Gasteiger charge is 2.13. The molecule has 0 unspecified atom stereocenters. The lowest BCUT2D eigenvalue weighted by Gasteiger charge is -2.17. The van der Waals surface area contributed by atoms with E-state index in [4.69, 9.17) is 11.6 Å². The summed E-state index contributed by atoms with van der Waals surface area (Å²) in [5, 5.41) is 7.66. The van der Waals surface area contributed by atoms with Gasteiger partial charge in [-0.05, 0) is 37.5 Å². The molecule has 1 aliphatic rings. The monoisotopic (exact) mass is 344 g/mol. The molecule has 24 heavy (non-hydrogen) atoms. The van der Waals surface area contributed by atoms with Crippen molar-refractivity contribution in [3.63, 3.8) is 0 Å². The minimum atomic E-state index is 0.533. The van der Waals surface area contributed by atoms with Crippen LogP contribution in [0.5, 0.6) is 0 Å². The first-order valence-corrected chi connectivity index (χ1v) is 9.17. The molecular weight excluding hydrogens is 320 g/mol. The van der Waals surface area contributed by atoms with Gasteiger partial charge >= 0.3 is 0 Å². The van der Waals surface area contributed by atoms with E-state index in [0.29, 0.717) is 18.5 Å². The van der Waals surface area contributed by atoms with Gasteiger partial charge in [0.1, 0.15) is 5.82 Å². The maximum atomic E-state index is 5.92. The summed E-state index contributed by atoms with van der Waals surface area (Å²) < 4.78 is 0. The zero-order valence-corrected chi connectivity index (χ0v) is 14.9. The second-order valence-electron chi connectivity index (χ2n) is 6.53. The van der Waals surface area contributed by atoms with Crippen LogP contribution in [0.3, 0.4) is 0 Å². The number of aromatic nitrogens is 2. The maximum Gasteiger partial charge on any atom is 0.225 e. The molecule has 1 aliphatic carbocycles. The molecular formula is C19H25ClN4. The molecule has 1 heterocycles. The average Bonchev–Trinajstić information content (AvgIpc) is 2.82. The third-order valence-corrected chi connectivity index (χ3v) is 4.68. The third-order valence-electron chi connectivity index (χ3n) is 4.43. The molecule has 0 bridgehead atoms. The van der Waals surface area contributed by atoms with Gasteiger partial charge in [0.15, 0.2) is 0 Å². The Hall–Kier alpha value is -1.81. The summed E-state index contributed by atoms with van der Waals surface area (Å²) in [6.07, 6.45) is 7.80. The summed E-state index contributed by atoms with van der Waals surface area (Å²) >= 11 is 5.92. The van der Waals surface area contributed by atoms with Crippen molar-refractivity contribution in [2.45, 2.75) is 58.0 Å². The third kappa shape index (κ3) is 5.10. The van der Waals surface area contributed by atoms with E-state index < -0.39 is 0 Å². The molecule has 0 atom stereocenters. The van der Waals surface area contributed by atoms with Crippen molar-refractivity contribution in [3.05, 3.63) is 46.6 Å². The van der Waals surface area contributed by atoms with Gasteiger partial charge in [0.05, 0.1) is 0 Å². The van der Waals surface area contributed by atoms with E-state index in [1.54, 1.807) is 0 Å². The van der Waals surface area contributed by atoms with E-state index in [9.17, 15) is 0 Å². The summed E-state index contributed by atoms with van der Waals surface area (Å²) in [6.45, 7) is 2.69. The van der Waals surface area contributed by atoms with Gasteiger partial charge in [0.2, 0.25) is 5.95 Å². The van der Waals surface area contributed by atoms with Crippen molar-refractivity contribution in [1.29, 1.82) is 0 Å². The van der Waals surface area contributed by atoms with Crippen LogP contribution < -0.4 is 10.6 Å². The molecule has 0 radical (unpaired) electrons. The summed E-state index contributed by atoms with van der Waals surface area (Å²) in [4.78, 5) is 9.12. The SMILES string of the molecule is Cc1cc(NC2CCCCCC2)nc(NCc2ccc(Cl)cc2)n1. The first kappa shape index (κ1) is 17.0. The van der Waals surface area contributed by atoms with Crippen molar-refractivity contribution >= 4 is 23.4 Å². The molecule has 0 aliphatic heterocycles. The second kappa shape index (κ2) is 8.34. The zero-order valence-electron chi connectivity index (χ0n) is 14.2. The van der Waals surface area contributed by atoms with Crippen molar-refractivity contribution in [3.8, 4) is 0 Å². The fraction of sp³-hybridized carbons (Fsp3) is 0.474. The number of nitrogens with one attached hydrogen (secondary N) is 2. The van der Waals surface area contributed by atoms with Crippen LogP contribution in [0.4, 0.5) is 11.8 Å². The second-order valence-corrected chi connectivity index (χ2v) is 6.97. The molecule has 0 spiro atoms. The van der Waals surface area contributed by atoms with E-state index in [0.717, 1.165) is 22.1 Å². The molecule has 2 aromatic rings. The first-order valence-electron chi connectivity index (χ1n) is 8.79. The minimum Gasteiger partial charge on any atom is -0.367 e. The topological polar surface area (TPSA) is 49.8 Å². The van der Waals surface area contributed by atoms with E-state index in [1.807, 2.05) is 37.3 Å². The fourth-order valence-corrected chi connectivity index (χ4v) is 3.26. The molecule has 1 saturated carbocycles. The normalized spacial score (nSPS) is 15.8. The number of hydrogen-bond donors (Lipinski definition) is 2. The highest BCUT2D eigenvalue weighted by molar-refractivity contribution is 6.30. The standard InChI is InChI=1S/C19H25ClN4/c1-14-12-18(23-17-6-4-2-3-5-7-17)24-19(22-14)21-13-15-8-10-16(20)11-9-15/h8-12,17H,2-7,13H2,1H3,(H2,21,22,23,24). The molecule has 128 valence electrons. The number of nitrogens with zero attached hydrogens (tertiary/aromatic N) is 2. The van der Waals surface area contributed by atoms with Crippen LogP contribution in [0.1, 0.15) is 49.8 Å². The predicted octanol–water partition coefficient (Wildman–Crippen LogP) is 5.19. The lowest BCUT2D eigenvalue weighted by Crippen LogP contribution is -2.19. The molecule has 1 aromatic carbocycles. The van der Waals surface area contributed by atoms with E-state index >= 15 is 0 Å². The van der Waals surface area contributed by atoms with Crippen LogP contribution in [0.2, 0.25) is 5.02 Å². The fourth-order valence-electron chi connectivity index (χ4n) is 3.14. The smallest absolute Gasteiger partial charge is 0.225 e. The summed E-state index contributed by atoms with van der Waals surface area (Å²) in [7, 11) is 0. The number of anilines is 2. The van der Waals surface area contributed by atoms with Gasteiger partial charge in [-0.3, -0.25) is 0 Å². The van der Waals surface area contributed by atoms with Gasteiger partial charge in [-0.1, -0.05) is 49.4 Å². The van der Waals surface area contributed by atoms with E-state index in [-0.39, 0.29) is 0 Å². The Labute approximate surface area is 149 Å². The Morgan fingerprint density at radius 1 is 1.04 bits per heavy atom. The molecule has 1 aromatic heterocycles. The lowest BCUT2D eigenvalue weighted by atomic mass is 10.1. The van der Waals surface area contributed by atoms with Gasteiger partial charge in [-0.15, -0.1) is 0 Å². The first-order chi connectivity index (χ1) is 11.7. The summed E-state index contributed by atoms with van der Waals surface area (Å²) in [6, 6.07) is 10.4. The molecule has 4 nitrogen and oxygen atoms in total. The maximum absolute atomic E-state index is 5.92. The highest BCUT2D eigenvalue weighted by atomic mass is 35.5. The average molecular weight is 345 g/mol. The molecule has 1 fully saturated rings. The predicted molar refractivity (Wildman–Crippen MR) is 101 cm³/mol. The van der Waals surface area contributed by atoms with Gasteiger partial charge in [0.25, 0.3) is 0 Å². The quantitative estimate of drug-likeness (QED) is 0.733. The van der Waals surface area contributed by atoms with Crippen molar-refractivity contribution in [1.82, 2.24) is 9.97 Å². The largest absolute Gasteiger partial charge is 0.367 e. The van der Waals surface area contributed by atoms with Crippen LogP contribution in [0.25, 0.3) is 0 Å². The van der Waals surface area contributed by atoms with E-state index in [1.165, 1.54) is 38.5 Å². The molecule has 0 saturated heterocycles. The van der Waals surface area contributed by atoms with Gasteiger partial charge < -0.3 is 10.6 Å². The summed E-state index contributed by atoms with van der Waals surface area (Å²) in [5.41, 5.74) is 2.13. The Morgan fingerprint density at radius 3 is 2.46 bits per heavy atom.